The molecule has 2 rings (SSSR count). The van der Waals surface area contributed by atoms with E-state index in [2.05, 4.69) is 62.5 Å². The molecular weight excluding hydrogens is 199 g/mol. The van der Waals surface area contributed by atoms with Crippen LogP contribution in [0.4, 0.5) is 0 Å². The van der Waals surface area contributed by atoms with Crippen molar-refractivity contribution in [3.05, 3.63) is 58.7 Å². The van der Waals surface area contributed by atoms with Gasteiger partial charge >= 0.3 is 0 Å². The third-order valence-corrected chi connectivity index (χ3v) is 5.97. The Morgan fingerprint density at radius 3 is 2.00 bits per heavy atom. The van der Waals surface area contributed by atoms with Gasteiger partial charge in [-0.25, -0.2) is 0 Å². The fourth-order valence-electron chi connectivity index (χ4n) is 2.19. The summed E-state index contributed by atoms with van der Waals surface area (Å²) < 4.78 is 0. The molecular formula is C14H18P+. The summed E-state index contributed by atoms with van der Waals surface area (Å²) in [4.78, 5) is 0. The molecule has 1 aliphatic heterocycles. The predicted octanol–water partition coefficient (Wildman–Crippen LogP) is 4.66. The van der Waals surface area contributed by atoms with E-state index >= 15 is 0 Å². The Kier molecular flexibility index (Phi) is 2.80. The first-order chi connectivity index (χ1) is 7.09. The molecule has 0 bridgehead atoms. The standard InChI is InChI=1S/C14H18P/c1-12-9-15(3,10-13(12)2)11-14-7-5-4-6-8-14/h4-10H,11H2,1-3H3/q+1. The maximum atomic E-state index is 2.50. The molecule has 1 aromatic carbocycles. The van der Waals surface area contributed by atoms with Crippen molar-refractivity contribution in [3.63, 3.8) is 0 Å². The molecule has 1 aromatic rings. The maximum absolute atomic E-state index is 2.50. The van der Waals surface area contributed by atoms with Crippen LogP contribution in [0, 0.1) is 0 Å². The van der Waals surface area contributed by atoms with E-state index in [-0.39, 0.29) is 0 Å². The van der Waals surface area contributed by atoms with Gasteiger partial charge in [0.15, 0.2) is 0 Å². The van der Waals surface area contributed by atoms with Crippen LogP contribution in [0.2, 0.25) is 0 Å². The Morgan fingerprint density at radius 1 is 0.933 bits per heavy atom. The molecule has 0 N–H and O–H groups in total. The first kappa shape index (κ1) is 10.6. The molecule has 0 radical (unpaired) electrons. The third kappa shape index (κ3) is 2.38. The summed E-state index contributed by atoms with van der Waals surface area (Å²) in [6, 6.07) is 10.8. The molecule has 0 aliphatic carbocycles. The number of rotatable bonds is 2. The van der Waals surface area contributed by atoms with E-state index in [4.69, 9.17) is 0 Å². The van der Waals surface area contributed by atoms with Crippen LogP contribution in [0.5, 0.6) is 0 Å². The molecule has 1 heterocycles. The minimum absolute atomic E-state index is 0.978. The molecule has 0 amide bonds. The van der Waals surface area contributed by atoms with E-state index in [1.165, 1.54) is 22.9 Å². The van der Waals surface area contributed by atoms with Crippen LogP contribution in [0.3, 0.4) is 0 Å². The van der Waals surface area contributed by atoms with E-state index in [9.17, 15) is 0 Å². The van der Waals surface area contributed by atoms with Crippen molar-refractivity contribution in [3.8, 4) is 0 Å². The summed E-state index contributed by atoms with van der Waals surface area (Å²) in [7, 11) is -0.978. The van der Waals surface area contributed by atoms with Gasteiger partial charge in [0.1, 0.15) is 0 Å². The highest BCUT2D eigenvalue weighted by atomic mass is 31.2. The zero-order valence-corrected chi connectivity index (χ0v) is 10.6. The van der Waals surface area contributed by atoms with Crippen LogP contribution < -0.4 is 0 Å². The normalized spacial score (nSPS) is 18.6. The molecule has 0 aromatic heterocycles. The molecule has 0 spiro atoms. The van der Waals surface area contributed by atoms with Crippen LogP contribution in [0.25, 0.3) is 0 Å². The first-order valence-corrected chi connectivity index (χ1v) is 7.93. The Hall–Kier alpha value is -0.870. The van der Waals surface area contributed by atoms with Gasteiger partial charge in [0.2, 0.25) is 0 Å². The fraction of sp³-hybridized carbons (Fsp3) is 0.286. The van der Waals surface area contributed by atoms with Crippen LogP contribution in [0.1, 0.15) is 19.4 Å². The molecule has 0 atom stereocenters. The van der Waals surface area contributed by atoms with Gasteiger partial charge in [-0.05, 0) is 30.6 Å². The van der Waals surface area contributed by atoms with E-state index in [1.54, 1.807) is 0 Å². The number of hydrogen-bond acceptors (Lipinski definition) is 0. The van der Waals surface area contributed by atoms with E-state index in [0.29, 0.717) is 0 Å². The highest BCUT2D eigenvalue weighted by Crippen LogP contribution is 2.66. The summed E-state index contributed by atoms with van der Waals surface area (Å²) in [6.07, 6.45) is 1.21. The molecule has 0 saturated carbocycles. The molecule has 15 heavy (non-hydrogen) atoms. The zero-order chi connectivity index (χ0) is 10.9. The zero-order valence-electron chi connectivity index (χ0n) is 9.70. The van der Waals surface area contributed by atoms with Crippen LogP contribution >= 0.6 is 7.26 Å². The molecule has 0 saturated heterocycles. The number of allylic oxidation sites excluding steroid dienone is 2. The van der Waals surface area contributed by atoms with Crippen molar-refractivity contribution in [2.75, 3.05) is 6.66 Å². The minimum Gasteiger partial charge on any atom is -0.0622 e. The second-order valence-corrected chi connectivity index (χ2v) is 8.14. The van der Waals surface area contributed by atoms with Crippen molar-refractivity contribution in [1.29, 1.82) is 0 Å². The van der Waals surface area contributed by atoms with Gasteiger partial charge in [0.25, 0.3) is 0 Å². The van der Waals surface area contributed by atoms with Crippen LogP contribution in [-0.4, -0.2) is 6.66 Å². The summed E-state index contributed by atoms with van der Waals surface area (Å²) >= 11 is 0. The average Bonchev–Trinajstić information content (AvgIpc) is 2.42. The summed E-state index contributed by atoms with van der Waals surface area (Å²) in [5.41, 5.74) is 4.41. The summed E-state index contributed by atoms with van der Waals surface area (Å²) in [5, 5.41) is 0. The highest BCUT2D eigenvalue weighted by molar-refractivity contribution is 7.80. The second-order valence-electron chi connectivity index (χ2n) is 4.61. The molecule has 0 nitrogen and oxygen atoms in total. The highest BCUT2D eigenvalue weighted by Gasteiger charge is 2.32. The van der Waals surface area contributed by atoms with Gasteiger partial charge in [0.05, 0.1) is 31.7 Å². The largest absolute Gasteiger partial charge is 0.0923 e. The van der Waals surface area contributed by atoms with Gasteiger partial charge in [-0.2, -0.15) is 0 Å². The van der Waals surface area contributed by atoms with Crippen molar-refractivity contribution in [1.82, 2.24) is 0 Å². The van der Waals surface area contributed by atoms with E-state index < -0.39 is 7.26 Å². The molecule has 0 unspecified atom stereocenters. The van der Waals surface area contributed by atoms with E-state index in [1.807, 2.05) is 0 Å². The van der Waals surface area contributed by atoms with Crippen molar-refractivity contribution >= 4 is 7.26 Å². The van der Waals surface area contributed by atoms with Gasteiger partial charge in [-0.15, -0.1) is 0 Å². The summed E-state index contributed by atoms with van der Waals surface area (Å²) in [5.74, 6) is 4.99. The van der Waals surface area contributed by atoms with Gasteiger partial charge in [0, 0.05) is 0 Å². The molecule has 78 valence electrons. The van der Waals surface area contributed by atoms with Crippen molar-refractivity contribution < 1.29 is 0 Å². The lowest BCUT2D eigenvalue weighted by Gasteiger charge is -2.11. The number of hydrogen-bond donors (Lipinski definition) is 0. The molecule has 0 fully saturated rings. The van der Waals surface area contributed by atoms with Gasteiger partial charge in [-0.3, -0.25) is 0 Å². The lowest BCUT2D eigenvalue weighted by Crippen LogP contribution is -1.87. The minimum atomic E-state index is -0.978. The topological polar surface area (TPSA) is 0 Å². The third-order valence-electron chi connectivity index (χ3n) is 2.97. The SMILES string of the molecule is CC1=C[P+](C)(Cc2ccccc2)C=C1C. The van der Waals surface area contributed by atoms with Gasteiger partial charge in [-0.1, -0.05) is 30.3 Å². The maximum Gasteiger partial charge on any atom is 0.0923 e. The second kappa shape index (κ2) is 3.94. The Bertz CT molecular complexity index is 394. The lowest BCUT2D eigenvalue weighted by molar-refractivity contribution is 1.39. The molecule has 1 heteroatoms. The first-order valence-electron chi connectivity index (χ1n) is 5.37. The number of benzene rings is 1. The van der Waals surface area contributed by atoms with Crippen LogP contribution in [0.15, 0.2) is 53.1 Å². The quantitative estimate of drug-likeness (QED) is 0.632. The predicted molar refractivity (Wildman–Crippen MR) is 70.5 cm³/mol. The van der Waals surface area contributed by atoms with Crippen molar-refractivity contribution in [2.24, 2.45) is 0 Å². The van der Waals surface area contributed by atoms with E-state index in [0.717, 1.165) is 0 Å². The molecule has 1 aliphatic rings. The van der Waals surface area contributed by atoms with Crippen molar-refractivity contribution in [2.45, 2.75) is 20.0 Å². The Morgan fingerprint density at radius 2 is 1.47 bits per heavy atom. The monoisotopic (exact) mass is 217 g/mol. The smallest absolute Gasteiger partial charge is 0.0622 e. The Balaban J connectivity index is 2.21. The fourth-order valence-corrected chi connectivity index (χ4v) is 5.63. The van der Waals surface area contributed by atoms with Crippen LogP contribution in [-0.2, 0) is 6.16 Å². The summed E-state index contributed by atoms with van der Waals surface area (Å²) in [6.45, 7) is 6.87. The average molecular weight is 217 g/mol. The Labute approximate surface area is 93.1 Å². The lowest BCUT2D eigenvalue weighted by atomic mass is 10.2. The van der Waals surface area contributed by atoms with Gasteiger partial charge < -0.3 is 0 Å².